The molecular weight excluding hydrogens is 306 g/mol. The molecule has 1 aromatic heterocycles. The van der Waals surface area contributed by atoms with Gasteiger partial charge in [-0.3, -0.25) is 0 Å². The Bertz CT molecular complexity index is 931. The summed E-state index contributed by atoms with van der Waals surface area (Å²) in [5.74, 6) is 2.07. The standard InChI is InChI=1S/C19H15NO4/c1-11-7-15(12(2)23-11)18-20-16(19(21)24-18)9-13-8-14-5-3-4-6-17(14)22-10-13/h3-9H,10H2,1-2H3/b16-9+. The minimum Gasteiger partial charge on any atom is -0.488 e. The number of furan rings is 1. The highest BCUT2D eigenvalue weighted by Gasteiger charge is 2.27. The minimum absolute atomic E-state index is 0.262. The van der Waals surface area contributed by atoms with Crippen molar-refractivity contribution in [3.05, 3.63) is 70.3 Å². The molecule has 0 N–H and O–H groups in total. The van der Waals surface area contributed by atoms with Gasteiger partial charge in [0.1, 0.15) is 23.9 Å². The number of benzene rings is 1. The third kappa shape index (κ3) is 2.54. The molecule has 5 nitrogen and oxygen atoms in total. The van der Waals surface area contributed by atoms with Crippen molar-refractivity contribution in [1.29, 1.82) is 0 Å². The maximum absolute atomic E-state index is 12.1. The Morgan fingerprint density at radius 2 is 2.04 bits per heavy atom. The fraction of sp³-hybridized carbons (Fsp3) is 0.158. The molecule has 24 heavy (non-hydrogen) atoms. The second kappa shape index (κ2) is 5.53. The fourth-order valence-electron chi connectivity index (χ4n) is 2.76. The number of hydrogen-bond donors (Lipinski definition) is 0. The van der Waals surface area contributed by atoms with Gasteiger partial charge in [-0.1, -0.05) is 18.2 Å². The highest BCUT2D eigenvalue weighted by atomic mass is 16.6. The number of cyclic esters (lactones) is 1. The molecule has 2 aliphatic rings. The van der Waals surface area contributed by atoms with E-state index in [4.69, 9.17) is 13.9 Å². The van der Waals surface area contributed by atoms with E-state index >= 15 is 0 Å². The molecule has 3 heterocycles. The molecule has 0 radical (unpaired) electrons. The van der Waals surface area contributed by atoms with Crippen LogP contribution in [0.1, 0.15) is 22.6 Å². The topological polar surface area (TPSA) is 61.0 Å². The number of hydrogen-bond acceptors (Lipinski definition) is 5. The zero-order valence-corrected chi connectivity index (χ0v) is 13.3. The predicted molar refractivity (Wildman–Crippen MR) is 88.8 cm³/mol. The normalized spacial score (nSPS) is 17.9. The Labute approximate surface area is 138 Å². The largest absolute Gasteiger partial charge is 0.488 e. The van der Waals surface area contributed by atoms with Gasteiger partial charge < -0.3 is 13.9 Å². The third-order valence-electron chi connectivity index (χ3n) is 3.87. The Balaban J connectivity index is 1.67. The van der Waals surface area contributed by atoms with Crippen LogP contribution in [0.4, 0.5) is 0 Å². The van der Waals surface area contributed by atoms with Gasteiger partial charge in [-0.25, -0.2) is 9.79 Å². The smallest absolute Gasteiger partial charge is 0.363 e. The molecule has 2 aromatic rings. The molecule has 0 amide bonds. The molecule has 0 unspecified atom stereocenters. The SMILES string of the molecule is Cc1cc(C2=N/C(=C/C3=Cc4ccccc4OC3)C(=O)O2)c(C)o1. The van der Waals surface area contributed by atoms with Crippen molar-refractivity contribution >= 4 is 17.9 Å². The molecule has 0 spiro atoms. The number of aliphatic imine (C=N–C) groups is 1. The Morgan fingerprint density at radius 3 is 2.83 bits per heavy atom. The first-order valence-electron chi connectivity index (χ1n) is 7.62. The number of para-hydroxylation sites is 1. The lowest BCUT2D eigenvalue weighted by Gasteiger charge is -2.15. The van der Waals surface area contributed by atoms with Crippen LogP contribution in [0, 0.1) is 13.8 Å². The number of carbonyl (C=O) groups excluding carboxylic acids is 1. The van der Waals surface area contributed by atoms with E-state index in [0.29, 0.717) is 17.9 Å². The van der Waals surface area contributed by atoms with E-state index in [1.807, 2.05) is 50.3 Å². The van der Waals surface area contributed by atoms with Crippen LogP contribution in [0.25, 0.3) is 6.08 Å². The van der Waals surface area contributed by atoms with Crippen LogP contribution in [-0.2, 0) is 9.53 Å². The van der Waals surface area contributed by atoms with Crippen LogP contribution < -0.4 is 4.74 Å². The molecule has 0 bridgehead atoms. The zero-order chi connectivity index (χ0) is 16.7. The van der Waals surface area contributed by atoms with Crippen LogP contribution in [0.5, 0.6) is 5.75 Å². The Morgan fingerprint density at radius 1 is 1.21 bits per heavy atom. The van der Waals surface area contributed by atoms with Crippen LogP contribution in [-0.4, -0.2) is 18.5 Å². The lowest BCUT2D eigenvalue weighted by Crippen LogP contribution is -2.08. The number of nitrogens with zero attached hydrogens (tertiary/aromatic N) is 1. The molecular formula is C19H15NO4. The molecule has 120 valence electrons. The summed E-state index contributed by atoms with van der Waals surface area (Å²) in [4.78, 5) is 16.4. The summed E-state index contributed by atoms with van der Waals surface area (Å²) in [5.41, 5.74) is 2.80. The Kier molecular flexibility index (Phi) is 3.34. The number of esters is 1. The van der Waals surface area contributed by atoms with Crippen molar-refractivity contribution in [3.63, 3.8) is 0 Å². The van der Waals surface area contributed by atoms with Crippen LogP contribution in [0.2, 0.25) is 0 Å². The molecule has 0 fully saturated rings. The van der Waals surface area contributed by atoms with Crippen LogP contribution in [0.3, 0.4) is 0 Å². The number of aryl methyl sites for hydroxylation is 2. The number of rotatable bonds is 2. The van der Waals surface area contributed by atoms with Gasteiger partial charge in [0.05, 0.1) is 5.56 Å². The van der Waals surface area contributed by atoms with Gasteiger partial charge in [-0.05, 0) is 43.7 Å². The van der Waals surface area contributed by atoms with E-state index < -0.39 is 5.97 Å². The first kappa shape index (κ1) is 14.5. The van der Waals surface area contributed by atoms with Crippen LogP contribution in [0.15, 0.2) is 57.1 Å². The maximum Gasteiger partial charge on any atom is 0.363 e. The predicted octanol–water partition coefficient (Wildman–Crippen LogP) is 3.56. The highest BCUT2D eigenvalue weighted by Crippen LogP contribution is 2.28. The van der Waals surface area contributed by atoms with Gasteiger partial charge in [0.2, 0.25) is 5.90 Å². The van der Waals surface area contributed by atoms with Crippen molar-refractivity contribution in [2.75, 3.05) is 6.61 Å². The summed E-state index contributed by atoms with van der Waals surface area (Å²) < 4.78 is 16.4. The average molecular weight is 321 g/mol. The first-order chi connectivity index (χ1) is 11.6. The summed E-state index contributed by atoms with van der Waals surface area (Å²) in [5, 5.41) is 0. The average Bonchev–Trinajstić information content (AvgIpc) is 3.09. The molecule has 0 aliphatic carbocycles. The van der Waals surface area contributed by atoms with Gasteiger partial charge in [-0.2, -0.15) is 0 Å². The summed E-state index contributed by atoms with van der Waals surface area (Å²) in [6.45, 7) is 4.05. The Hall–Kier alpha value is -3.08. The summed E-state index contributed by atoms with van der Waals surface area (Å²) in [6.07, 6.45) is 3.69. The minimum atomic E-state index is -0.469. The summed E-state index contributed by atoms with van der Waals surface area (Å²) >= 11 is 0. The molecule has 0 atom stereocenters. The maximum atomic E-state index is 12.1. The van der Waals surface area contributed by atoms with Crippen LogP contribution >= 0.6 is 0 Å². The number of carbonyl (C=O) groups is 1. The van der Waals surface area contributed by atoms with Gasteiger partial charge in [-0.15, -0.1) is 0 Å². The summed E-state index contributed by atoms with van der Waals surface area (Å²) in [6, 6.07) is 9.56. The molecule has 4 rings (SSSR count). The van der Waals surface area contributed by atoms with E-state index in [-0.39, 0.29) is 11.6 Å². The second-order valence-corrected chi connectivity index (χ2v) is 5.71. The second-order valence-electron chi connectivity index (χ2n) is 5.71. The van der Waals surface area contributed by atoms with E-state index in [9.17, 15) is 4.79 Å². The number of ether oxygens (including phenoxy) is 2. The molecule has 5 heteroatoms. The quantitative estimate of drug-likeness (QED) is 0.627. The molecule has 0 saturated carbocycles. The van der Waals surface area contributed by atoms with Crippen molar-refractivity contribution < 1.29 is 18.7 Å². The zero-order valence-electron chi connectivity index (χ0n) is 13.3. The lowest BCUT2D eigenvalue weighted by molar-refractivity contribution is -0.130. The van der Waals surface area contributed by atoms with Gasteiger partial charge in [0, 0.05) is 5.56 Å². The highest BCUT2D eigenvalue weighted by molar-refractivity contribution is 6.11. The molecule has 1 aromatic carbocycles. The van der Waals surface area contributed by atoms with Crippen molar-refractivity contribution in [2.24, 2.45) is 4.99 Å². The third-order valence-corrected chi connectivity index (χ3v) is 3.87. The van der Waals surface area contributed by atoms with E-state index in [1.165, 1.54) is 0 Å². The van der Waals surface area contributed by atoms with E-state index in [2.05, 4.69) is 4.99 Å². The molecule has 0 saturated heterocycles. The summed E-state index contributed by atoms with van der Waals surface area (Å²) in [7, 11) is 0. The van der Waals surface area contributed by atoms with Crippen molar-refractivity contribution in [3.8, 4) is 5.75 Å². The van der Waals surface area contributed by atoms with Gasteiger partial charge >= 0.3 is 5.97 Å². The van der Waals surface area contributed by atoms with E-state index in [1.54, 1.807) is 6.08 Å². The monoisotopic (exact) mass is 321 g/mol. The van der Waals surface area contributed by atoms with Crippen molar-refractivity contribution in [1.82, 2.24) is 0 Å². The number of fused-ring (bicyclic) bond motifs is 1. The van der Waals surface area contributed by atoms with Gasteiger partial charge in [0.25, 0.3) is 0 Å². The van der Waals surface area contributed by atoms with Crippen molar-refractivity contribution in [2.45, 2.75) is 13.8 Å². The first-order valence-corrected chi connectivity index (χ1v) is 7.62. The molecule has 2 aliphatic heterocycles. The van der Waals surface area contributed by atoms with E-state index in [0.717, 1.165) is 22.6 Å². The fourth-order valence-corrected chi connectivity index (χ4v) is 2.76. The van der Waals surface area contributed by atoms with Gasteiger partial charge in [0.15, 0.2) is 5.70 Å². The lowest BCUT2D eigenvalue weighted by atomic mass is 10.1.